The fraction of sp³-hybridized carbons (Fsp3) is 0.677. The highest BCUT2D eigenvalue weighted by atomic mass is 16.6. The van der Waals surface area contributed by atoms with E-state index in [0.717, 1.165) is 32.1 Å². The predicted molar refractivity (Wildman–Crippen MR) is 158 cm³/mol. The first-order valence-electron chi connectivity index (χ1n) is 14.8. The number of ether oxygens (including phenoxy) is 2. The number of phenols is 1. The van der Waals surface area contributed by atoms with Gasteiger partial charge in [0.15, 0.2) is 0 Å². The van der Waals surface area contributed by atoms with Gasteiger partial charge in [-0.15, -0.1) is 0 Å². The Bertz CT molecular complexity index is 957. The summed E-state index contributed by atoms with van der Waals surface area (Å²) in [5.74, 6) is -1.60. The van der Waals surface area contributed by atoms with Crippen LogP contribution in [-0.2, 0) is 23.9 Å². The molecule has 2 atom stereocenters. The van der Waals surface area contributed by atoms with E-state index in [1.165, 1.54) is 17.0 Å². The molecule has 0 bridgehead atoms. The second kappa shape index (κ2) is 18.2. The molecule has 0 aliphatic rings. The molecule has 3 amide bonds. The molecule has 1 rings (SSSR count). The zero-order valence-corrected chi connectivity index (χ0v) is 26.0. The zero-order valence-electron chi connectivity index (χ0n) is 26.0. The normalized spacial score (nSPS) is 12.8. The first kappa shape index (κ1) is 35.7. The molecule has 2 unspecified atom stereocenters. The van der Waals surface area contributed by atoms with Gasteiger partial charge in [0.1, 0.15) is 23.4 Å². The van der Waals surface area contributed by atoms with Crippen molar-refractivity contribution in [2.24, 2.45) is 5.92 Å². The number of alkyl carbamates (subject to hydrolysis) is 1. The zero-order chi connectivity index (χ0) is 31.0. The van der Waals surface area contributed by atoms with Gasteiger partial charge in [-0.3, -0.25) is 14.4 Å². The summed E-state index contributed by atoms with van der Waals surface area (Å²) in [6.45, 7) is 13.3. The lowest BCUT2D eigenvalue weighted by molar-refractivity contribution is -0.144. The summed E-state index contributed by atoms with van der Waals surface area (Å²) in [5.41, 5.74) is -0.254. The molecule has 0 aliphatic carbocycles. The van der Waals surface area contributed by atoms with Crippen LogP contribution in [0.4, 0.5) is 4.79 Å². The summed E-state index contributed by atoms with van der Waals surface area (Å²) in [5, 5.41) is 15.4. The van der Waals surface area contributed by atoms with Crippen molar-refractivity contribution in [1.82, 2.24) is 15.5 Å². The van der Waals surface area contributed by atoms with E-state index >= 15 is 0 Å². The lowest BCUT2D eigenvalue weighted by Crippen LogP contribution is -2.55. The number of carbonyl (C=O) groups excluding carboxylic acids is 4. The van der Waals surface area contributed by atoms with Crippen LogP contribution < -0.4 is 10.6 Å². The summed E-state index contributed by atoms with van der Waals surface area (Å²) in [4.78, 5) is 53.8. The van der Waals surface area contributed by atoms with Gasteiger partial charge in [0.05, 0.1) is 13.0 Å². The Kier molecular flexibility index (Phi) is 15.9. The largest absolute Gasteiger partial charge is 0.508 e. The molecule has 0 heterocycles. The van der Waals surface area contributed by atoms with Crippen LogP contribution in [0.1, 0.15) is 105 Å². The fourth-order valence-corrected chi connectivity index (χ4v) is 4.30. The molecule has 0 saturated heterocycles. The number of unbranched alkanes of at least 4 members (excludes halogenated alkanes) is 5. The molecule has 0 spiro atoms. The third-order valence-electron chi connectivity index (χ3n) is 6.34. The SMILES string of the molecule is CCCCCCCCN(C(=O)C(NC(=O)OC(C)(C)C)C(C)C)C(C(=O)NCCC(=O)OCC)c1ccc(O)cc1. The minimum atomic E-state index is -1.05. The maximum absolute atomic E-state index is 14.2. The molecule has 0 radical (unpaired) electrons. The number of benzene rings is 1. The Labute approximate surface area is 245 Å². The topological polar surface area (TPSA) is 134 Å². The van der Waals surface area contributed by atoms with Crippen molar-refractivity contribution in [2.45, 2.75) is 111 Å². The maximum atomic E-state index is 14.2. The molecular weight excluding hydrogens is 526 g/mol. The number of carbonyl (C=O) groups is 4. The lowest BCUT2D eigenvalue weighted by atomic mass is 9.98. The van der Waals surface area contributed by atoms with E-state index in [0.29, 0.717) is 12.0 Å². The molecule has 0 aliphatic heterocycles. The average molecular weight is 578 g/mol. The van der Waals surface area contributed by atoms with Gasteiger partial charge in [-0.25, -0.2) is 4.79 Å². The molecular formula is C31H51N3O7. The second-order valence-electron chi connectivity index (χ2n) is 11.5. The Balaban J connectivity index is 3.37. The Morgan fingerprint density at radius 1 is 0.951 bits per heavy atom. The summed E-state index contributed by atoms with van der Waals surface area (Å²) in [6, 6.07) is 4.11. The van der Waals surface area contributed by atoms with E-state index in [-0.39, 0.29) is 37.8 Å². The fourth-order valence-electron chi connectivity index (χ4n) is 4.30. The number of nitrogens with one attached hydrogen (secondary N) is 2. The number of aromatic hydroxyl groups is 1. The smallest absolute Gasteiger partial charge is 0.408 e. The Hall–Kier alpha value is -3.30. The Morgan fingerprint density at radius 2 is 1.56 bits per heavy atom. The van der Waals surface area contributed by atoms with Gasteiger partial charge in [-0.2, -0.15) is 0 Å². The van der Waals surface area contributed by atoms with Crippen LogP contribution in [0.25, 0.3) is 0 Å². The van der Waals surface area contributed by atoms with Crippen LogP contribution in [0, 0.1) is 5.92 Å². The minimum absolute atomic E-state index is 0.0118. The number of hydrogen-bond acceptors (Lipinski definition) is 7. The van der Waals surface area contributed by atoms with Crippen LogP contribution in [0.5, 0.6) is 5.75 Å². The number of hydrogen-bond donors (Lipinski definition) is 3. The number of rotatable bonds is 17. The molecule has 41 heavy (non-hydrogen) atoms. The summed E-state index contributed by atoms with van der Waals surface area (Å²) in [7, 11) is 0. The molecule has 10 nitrogen and oxygen atoms in total. The minimum Gasteiger partial charge on any atom is -0.508 e. The van der Waals surface area contributed by atoms with Gasteiger partial charge in [-0.1, -0.05) is 65.0 Å². The monoisotopic (exact) mass is 577 g/mol. The molecule has 232 valence electrons. The van der Waals surface area contributed by atoms with Crippen molar-refractivity contribution in [3.05, 3.63) is 29.8 Å². The van der Waals surface area contributed by atoms with Gasteiger partial charge in [0.2, 0.25) is 11.8 Å². The molecule has 1 aromatic rings. The number of amides is 3. The van der Waals surface area contributed by atoms with Crippen LogP contribution in [0.3, 0.4) is 0 Å². The van der Waals surface area contributed by atoms with E-state index in [2.05, 4.69) is 17.6 Å². The van der Waals surface area contributed by atoms with Crippen molar-refractivity contribution in [3.63, 3.8) is 0 Å². The maximum Gasteiger partial charge on any atom is 0.408 e. The summed E-state index contributed by atoms with van der Waals surface area (Å²) < 4.78 is 10.4. The van der Waals surface area contributed by atoms with Gasteiger partial charge in [0.25, 0.3) is 0 Å². The third-order valence-corrected chi connectivity index (χ3v) is 6.34. The molecule has 3 N–H and O–H groups in total. The number of nitrogens with zero attached hydrogens (tertiary/aromatic N) is 1. The van der Waals surface area contributed by atoms with E-state index in [1.54, 1.807) is 39.8 Å². The predicted octanol–water partition coefficient (Wildman–Crippen LogP) is 5.24. The van der Waals surface area contributed by atoms with Gasteiger partial charge >= 0.3 is 12.1 Å². The first-order valence-corrected chi connectivity index (χ1v) is 14.8. The van der Waals surface area contributed by atoms with E-state index in [9.17, 15) is 24.3 Å². The lowest BCUT2D eigenvalue weighted by Gasteiger charge is -2.35. The van der Waals surface area contributed by atoms with Crippen molar-refractivity contribution < 1.29 is 33.8 Å². The molecule has 0 fully saturated rings. The number of phenolic OH excluding ortho intramolecular Hbond substituents is 1. The molecule has 10 heteroatoms. The first-order chi connectivity index (χ1) is 19.3. The molecule has 0 saturated carbocycles. The Morgan fingerprint density at radius 3 is 2.12 bits per heavy atom. The van der Waals surface area contributed by atoms with Crippen molar-refractivity contribution in [3.8, 4) is 5.75 Å². The summed E-state index contributed by atoms with van der Waals surface area (Å²) in [6.07, 6.45) is 5.17. The molecule has 0 aromatic heterocycles. The standard InChI is InChI=1S/C31H51N3O7/c1-8-10-11-12-13-14-21-34(29(38)26(22(3)4)33-30(39)41-31(5,6)7)27(23-15-17-24(35)18-16-23)28(37)32-20-19-25(36)40-9-2/h15-18,22,26-27,35H,8-14,19-21H2,1-7H3,(H,32,37)(H,33,39). The van der Waals surface area contributed by atoms with Crippen molar-refractivity contribution >= 4 is 23.9 Å². The summed E-state index contributed by atoms with van der Waals surface area (Å²) >= 11 is 0. The van der Waals surface area contributed by atoms with E-state index in [1.807, 2.05) is 13.8 Å². The quantitative estimate of drug-likeness (QED) is 0.170. The average Bonchev–Trinajstić information content (AvgIpc) is 2.88. The van der Waals surface area contributed by atoms with Crippen molar-refractivity contribution in [2.75, 3.05) is 19.7 Å². The third kappa shape index (κ3) is 13.7. The van der Waals surface area contributed by atoms with Crippen LogP contribution in [-0.4, -0.2) is 65.2 Å². The van der Waals surface area contributed by atoms with Crippen LogP contribution >= 0.6 is 0 Å². The van der Waals surface area contributed by atoms with E-state index < -0.39 is 41.6 Å². The van der Waals surface area contributed by atoms with Crippen LogP contribution in [0.2, 0.25) is 0 Å². The highest BCUT2D eigenvalue weighted by molar-refractivity contribution is 5.92. The van der Waals surface area contributed by atoms with Gasteiger partial charge < -0.3 is 30.1 Å². The van der Waals surface area contributed by atoms with Gasteiger partial charge in [0, 0.05) is 13.1 Å². The second-order valence-corrected chi connectivity index (χ2v) is 11.5. The van der Waals surface area contributed by atoms with Crippen molar-refractivity contribution in [1.29, 1.82) is 0 Å². The highest BCUT2D eigenvalue weighted by Gasteiger charge is 2.37. The highest BCUT2D eigenvalue weighted by Crippen LogP contribution is 2.26. The number of esters is 1. The van der Waals surface area contributed by atoms with Gasteiger partial charge in [-0.05, 0) is 57.7 Å². The molecule has 1 aromatic carbocycles. The van der Waals surface area contributed by atoms with E-state index in [4.69, 9.17) is 9.47 Å². The van der Waals surface area contributed by atoms with Crippen LogP contribution in [0.15, 0.2) is 24.3 Å².